The first kappa shape index (κ1) is 32.1. The lowest BCUT2D eigenvalue weighted by Gasteiger charge is -2.42. The van der Waals surface area contributed by atoms with Gasteiger partial charge in [-0.15, -0.1) is 0 Å². The molecule has 0 aromatic heterocycles. The molecular weight excluding hydrogens is 568 g/mol. The number of ketones is 2. The molecule has 0 heterocycles. The molecule has 10 heteroatoms. The highest BCUT2D eigenvalue weighted by Gasteiger charge is 2.79. The van der Waals surface area contributed by atoms with Crippen LogP contribution < -0.4 is 0 Å². The predicted octanol–water partition coefficient (Wildman–Crippen LogP) is 3.57. The number of hydrogen-bond donors (Lipinski definition) is 0. The first-order valence-corrected chi connectivity index (χ1v) is 14.0. The third-order valence-corrected chi connectivity index (χ3v) is 8.45. The fraction of sp³-hybridized carbons (Fsp3) is 0.353. The first-order chi connectivity index (χ1) is 20.8. The van der Waals surface area contributed by atoms with Crippen molar-refractivity contribution < 1.29 is 47.7 Å². The van der Waals surface area contributed by atoms with Crippen LogP contribution in [0.2, 0.25) is 0 Å². The monoisotopic (exact) mass is 602 g/mol. The van der Waals surface area contributed by atoms with E-state index in [4.69, 9.17) is 18.9 Å². The van der Waals surface area contributed by atoms with Crippen LogP contribution in [0.25, 0.3) is 0 Å². The van der Waals surface area contributed by atoms with Gasteiger partial charge in [0.05, 0.1) is 28.4 Å². The molecule has 0 amide bonds. The van der Waals surface area contributed by atoms with Crippen LogP contribution in [0.5, 0.6) is 0 Å². The average Bonchev–Trinajstić information content (AvgIpc) is 3.19. The number of hydrogen-bond acceptors (Lipinski definition) is 10. The lowest BCUT2D eigenvalue weighted by molar-refractivity contribution is -0.175. The van der Waals surface area contributed by atoms with Crippen LogP contribution in [-0.2, 0) is 47.7 Å². The molecule has 0 aromatic rings. The number of Topliss-reactive ketones (excluding diaryl/α,β-unsaturated/α-hetero) is 2. The fourth-order valence-corrected chi connectivity index (χ4v) is 6.29. The zero-order valence-electron chi connectivity index (χ0n) is 25.9. The van der Waals surface area contributed by atoms with Gasteiger partial charge < -0.3 is 18.9 Å². The van der Waals surface area contributed by atoms with Gasteiger partial charge in [0.2, 0.25) is 0 Å². The molecule has 0 saturated heterocycles. The summed E-state index contributed by atoms with van der Waals surface area (Å²) in [7, 11) is 4.12. The van der Waals surface area contributed by atoms with Crippen molar-refractivity contribution in [3.63, 3.8) is 0 Å². The average molecular weight is 603 g/mol. The number of fused-ring (bicyclic) bond motifs is 2. The van der Waals surface area contributed by atoms with Gasteiger partial charge in [0, 0.05) is 0 Å². The van der Waals surface area contributed by atoms with Crippen LogP contribution in [-0.4, -0.2) is 63.9 Å². The molecule has 4 aliphatic carbocycles. The molecule has 0 aromatic carbocycles. The second-order valence-corrected chi connectivity index (χ2v) is 11.2. The Labute approximate surface area is 255 Å². The molecule has 2 atom stereocenters. The molecule has 230 valence electrons. The highest BCUT2D eigenvalue weighted by molar-refractivity contribution is 6.40. The van der Waals surface area contributed by atoms with Crippen molar-refractivity contribution in [1.82, 2.24) is 0 Å². The van der Waals surface area contributed by atoms with E-state index in [1.165, 1.54) is 18.2 Å². The highest BCUT2D eigenvalue weighted by atomic mass is 16.5. The smallest absolute Gasteiger partial charge is 0.342 e. The molecule has 0 radical (unpaired) electrons. The van der Waals surface area contributed by atoms with E-state index < -0.39 is 57.4 Å². The van der Waals surface area contributed by atoms with Gasteiger partial charge in [-0.2, -0.15) is 0 Å². The minimum atomic E-state index is -2.86. The molecule has 0 aliphatic heterocycles. The molecule has 4 aliphatic rings. The standard InChI is InChI=1S/C34H34O10/c1-17(2)19-12-10-14-23-22(15-19)26(30(38)42-6)28(36)33(23,31(39)43-7)34(32(40)44-8)24-16-20(18(3)4)11-9-13-21(24)25(27(34)35)29(37)41-5/h9-18H,1-8H3/t33-,34+/m0/s1. The van der Waals surface area contributed by atoms with Gasteiger partial charge >= 0.3 is 23.9 Å². The van der Waals surface area contributed by atoms with Gasteiger partial charge in [-0.3, -0.25) is 19.2 Å². The van der Waals surface area contributed by atoms with Gasteiger partial charge in [0.25, 0.3) is 0 Å². The molecular formula is C34H34O10. The van der Waals surface area contributed by atoms with Gasteiger partial charge in [0.15, 0.2) is 22.4 Å². The minimum Gasteiger partial charge on any atom is -0.468 e. The summed E-state index contributed by atoms with van der Waals surface area (Å²) in [6, 6.07) is 0. The first-order valence-electron chi connectivity index (χ1n) is 14.0. The third kappa shape index (κ3) is 4.15. The number of rotatable bonds is 7. The van der Waals surface area contributed by atoms with Gasteiger partial charge in [-0.1, -0.05) is 76.3 Å². The number of allylic oxidation sites excluding steroid dienone is 12. The summed E-state index contributed by atoms with van der Waals surface area (Å²) in [5.74, 6) is -7.48. The van der Waals surface area contributed by atoms with Gasteiger partial charge in [-0.05, 0) is 45.3 Å². The van der Waals surface area contributed by atoms with E-state index in [1.54, 1.807) is 30.4 Å². The summed E-state index contributed by atoms with van der Waals surface area (Å²) in [5, 5.41) is 0. The zero-order valence-corrected chi connectivity index (χ0v) is 25.9. The Morgan fingerprint density at radius 2 is 1.07 bits per heavy atom. The van der Waals surface area contributed by atoms with E-state index in [9.17, 15) is 28.8 Å². The largest absolute Gasteiger partial charge is 0.468 e. The van der Waals surface area contributed by atoms with E-state index in [2.05, 4.69) is 0 Å². The Hall–Kier alpha value is -4.86. The Balaban J connectivity index is 2.30. The molecule has 0 fully saturated rings. The van der Waals surface area contributed by atoms with E-state index in [0.717, 1.165) is 28.4 Å². The summed E-state index contributed by atoms with van der Waals surface area (Å²) in [4.78, 5) is 85.3. The van der Waals surface area contributed by atoms with Crippen LogP contribution in [0, 0.1) is 22.7 Å². The third-order valence-electron chi connectivity index (χ3n) is 8.45. The van der Waals surface area contributed by atoms with Crippen molar-refractivity contribution >= 4 is 35.4 Å². The maximum absolute atomic E-state index is 15.0. The summed E-state index contributed by atoms with van der Waals surface area (Å²) >= 11 is 0. The summed E-state index contributed by atoms with van der Waals surface area (Å²) in [6.07, 6.45) is 12.5. The predicted molar refractivity (Wildman–Crippen MR) is 157 cm³/mol. The van der Waals surface area contributed by atoms with Crippen molar-refractivity contribution in [3.05, 3.63) is 93.2 Å². The molecule has 0 N–H and O–H groups in total. The molecule has 0 saturated carbocycles. The quantitative estimate of drug-likeness (QED) is 0.184. The summed E-state index contributed by atoms with van der Waals surface area (Å²) < 4.78 is 20.4. The second kappa shape index (κ2) is 11.7. The normalized spacial score (nSPS) is 24.2. The second-order valence-electron chi connectivity index (χ2n) is 11.2. The molecule has 0 bridgehead atoms. The minimum absolute atomic E-state index is 0.0190. The lowest BCUT2D eigenvalue weighted by Crippen LogP contribution is -2.61. The molecule has 44 heavy (non-hydrogen) atoms. The Morgan fingerprint density at radius 3 is 1.55 bits per heavy atom. The van der Waals surface area contributed by atoms with Crippen molar-refractivity contribution in [1.29, 1.82) is 0 Å². The topological polar surface area (TPSA) is 139 Å². The SMILES string of the molecule is COC(=O)C1=C2C=CC=C(C(C)C)C=C2[C@@](C(=O)OC)([C@]2(C(=O)OC)C(=O)C(C(=O)OC)=C3C=C(C(C)C)C=CC=C32)C1=O. The number of carbonyl (C=O) groups excluding carboxylic acids is 6. The zero-order chi connectivity index (χ0) is 32.7. The number of methoxy groups -OCH3 is 4. The highest BCUT2D eigenvalue weighted by Crippen LogP contribution is 2.65. The molecule has 4 rings (SSSR count). The van der Waals surface area contributed by atoms with Crippen LogP contribution >= 0.6 is 0 Å². The fourth-order valence-electron chi connectivity index (χ4n) is 6.29. The van der Waals surface area contributed by atoms with Crippen LogP contribution in [0.1, 0.15) is 27.7 Å². The molecule has 0 spiro atoms. The van der Waals surface area contributed by atoms with Crippen molar-refractivity contribution in [2.75, 3.05) is 28.4 Å². The van der Waals surface area contributed by atoms with Crippen molar-refractivity contribution in [2.45, 2.75) is 27.7 Å². The van der Waals surface area contributed by atoms with E-state index in [0.29, 0.717) is 11.1 Å². The van der Waals surface area contributed by atoms with E-state index in [1.807, 2.05) is 27.7 Å². The lowest BCUT2D eigenvalue weighted by atomic mass is 9.54. The Morgan fingerprint density at radius 1 is 0.591 bits per heavy atom. The molecule has 0 unspecified atom stereocenters. The van der Waals surface area contributed by atoms with Crippen molar-refractivity contribution in [3.8, 4) is 0 Å². The van der Waals surface area contributed by atoms with Crippen LogP contribution in [0.3, 0.4) is 0 Å². The maximum atomic E-state index is 15.0. The Kier molecular flexibility index (Phi) is 8.50. The number of esters is 4. The van der Waals surface area contributed by atoms with Crippen LogP contribution in [0.4, 0.5) is 0 Å². The number of carbonyl (C=O) groups is 6. The number of ether oxygens (including phenoxy) is 4. The van der Waals surface area contributed by atoms with Crippen LogP contribution in [0.15, 0.2) is 93.2 Å². The Bertz CT molecular complexity index is 1650. The van der Waals surface area contributed by atoms with E-state index in [-0.39, 0.29) is 34.1 Å². The maximum Gasteiger partial charge on any atom is 0.342 e. The van der Waals surface area contributed by atoms with E-state index >= 15 is 0 Å². The summed E-state index contributed by atoms with van der Waals surface area (Å²) in [6.45, 7) is 7.51. The summed E-state index contributed by atoms with van der Waals surface area (Å²) in [5.41, 5.74) is -5.89. The molecule has 10 nitrogen and oxygen atoms in total. The van der Waals surface area contributed by atoms with Gasteiger partial charge in [0.1, 0.15) is 11.1 Å². The van der Waals surface area contributed by atoms with Crippen molar-refractivity contribution in [2.24, 2.45) is 22.7 Å². The van der Waals surface area contributed by atoms with Gasteiger partial charge in [-0.25, -0.2) is 9.59 Å².